The van der Waals surface area contributed by atoms with Crippen molar-refractivity contribution in [3.8, 4) is 5.75 Å². The monoisotopic (exact) mass is 490 g/mol. The second-order valence-electron chi connectivity index (χ2n) is 8.65. The number of aliphatic hydroxyl groups is 1. The Kier molecular flexibility index (Phi) is 6.94. The van der Waals surface area contributed by atoms with Gasteiger partial charge in [-0.05, 0) is 73.4 Å². The van der Waals surface area contributed by atoms with E-state index in [1.165, 1.54) is 4.90 Å². The van der Waals surface area contributed by atoms with Gasteiger partial charge in [0.05, 0.1) is 17.9 Å². The Morgan fingerprint density at radius 3 is 2.57 bits per heavy atom. The van der Waals surface area contributed by atoms with E-state index in [9.17, 15) is 14.7 Å². The molecule has 0 bridgehead atoms. The molecule has 4 rings (SSSR count). The number of hydrogen-bond donors (Lipinski definition) is 1. The molecule has 6 nitrogen and oxygen atoms in total. The van der Waals surface area contributed by atoms with Crippen molar-refractivity contribution in [3.63, 3.8) is 0 Å². The molecule has 2 aromatic carbocycles. The molecule has 180 valence electrons. The Hall–Kier alpha value is -3.64. The fourth-order valence-electron chi connectivity index (χ4n) is 4.34. The lowest BCUT2D eigenvalue weighted by atomic mass is 9.94. The van der Waals surface area contributed by atoms with E-state index in [1.54, 1.807) is 67.7 Å². The van der Waals surface area contributed by atoms with Crippen LogP contribution in [0.4, 0.5) is 5.69 Å². The van der Waals surface area contributed by atoms with Crippen molar-refractivity contribution in [2.45, 2.75) is 39.7 Å². The molecule has 2 heterocycles. The summed E-state index contributed by atoms with van der Waals surface area (Å²) in [6.07, 6.45) is 1.59. The normalized spacial score (nSPS) is 17.3. The average Bonchev–Trinajstić information content (AvgIpc) is 3.11. The van der Waals surface area contributed by atoms with Gasteiger partial charge in [-0.1, -0.05) is 37.6 Å². The predicted molar refractivity (Wildman–Crippen MR) is 137 cm³/mol. The Morgan fingerprint density at radius 1 is 1.14 bits per heavy atom. The number of carbonyl (C=O) groups excluding carboxylic acids is 2. The van der Waals surface area contributed by atoms with Crippen molar-refractivity contribution < 1.29 is 19.4 Å². The lowest BCUT2D eigenvalue weighted by molar-refractivity contribution is -0.132. The van der Waals surface area contributed by atoms with Gasteiger partial charge in [0.1, 0.15) is 17.6 Å². The fourth-order valence-corrected chi connectivity index (χ4v) is 4.51. The zero-order valence-corrected chi connectivity index (χ0v) is 20.8. The van der Waals surface area contributed by atoms with Gasteiger partial charge in [0, 0.05) is 22.5 Å². The maximum atomic E-state index is 13.4. The molecular weight excluding hydrogens is 464 g/mol. The molecule has 1 aliphatic heterocycles. The first-order valence-electron chi connectivity index (χ1n) is 11.5. The summed E-state index contributed by atoms with van der Waals surface area (Å²) in [7, 11) is 0. The second-order valence-corrected chi connectivity index (χ2v) is 9.06. The molecule has 1 aromatic heterocycles. The first-order chi connectivity index (χ1) is 16.8. The number of benzene rings is 2. The van der Waals surface area contributed by atoms with E-state index in [1.807, 2.05) is 20.8 Å². The van der Waals surface area contributed by atoms with E-state index in [-0.39, 0.29) is 17.3 Å². The number of hydrogen-bond acceptors (Lipinski definition) is 5. The lowest BCUT2D eigenvalue weighted by Crippen LogP contribution is -2.30. The third-order valence-electron chi connectivity index (χ3n) is 6.12. The lowest BCUT2D eigenvalue weighted by Gasteiger charge is -2.26. The van der Waals surface area contributed by atoms with Crippen molar-refractivity contribution >= 4 is 34.7 Å². The summed E-state index contributed by atoms with van der Waals surface area (Å²) in [4.78, 5) is 32.5. The van der Waals surface area contributed by atoms with Crippen LogP contribution in [0.15, 0.2) is 66.4 Å². The first kappa shape index (κ1) is 24.5. The molecule has 0 radical (unpaired) electrons. The highest BCUT2D eigenvalue weighted by atomic mass is 35.5. The van der Waals surface area contributed by atoms with Gasteiger partial charge in [0.2, 0.25) is 0 Å². The van der Waals surface area contributed by atoms with Gasteiger partial charge in [0.15, 0.2) is 0 Å². The summed E-state index contributed by atoms with van der Waals surface area (Å²) < 4.78 is 5.74. The Bertz CT molecular complexity index is 1320. The molecule has 7 heteroatoms. The maximum Gasteiger partial charge on any atom is 0.300 e. The number of nitrogens with zero attached hydrogens (tertiary/aromatic N) is 2. The minimum Gasteiger partial charge on any atom is -0.507 e. The zero-order chi connectivity index (χ0) is 25.3. The number of pyridine rings is 1. The number of aliphatic hydroxyl groups excluding tert-OH is 1. The molecule has 1 fully saturated rings. The molecule has 1 unspecified atom stereocenters. The zero-order valence-electron chi connectivity index (χ0n) is 20.1. The standard InChI is InChI=1S/C28H27ClN2O4/c1-5-35-23-13-12-18(15-19(23)16(2)3)26(32)24-25(21-10-6-7-14-30-21)31(28(34)27(24)33)22-11-8-9-20(29)17(22)4/h6-16,25,32H,5H2,1-4H3/b26-24+. The average molecular weight is 491 g/mol. The van der Waals surface area contributed by atoms with Crippen LogP contribution in [0, 0.1) is 6.92 Å². The molecule has 1 N–H and O–H groups in total. The van der Waals surface area contributed by atoms with Crippen molar-refractivity contribution in [2.75, 3.05) is 11.5 Å². The summed E-state index contributed by atoms with van der Waals surface area (Å²) in [5.74, 6) is -0.950. The molecule has 0 aliphatic carbocycles. The summed E-state index contributed by atoms with van der Waals surface area (Å²) in [6.45, 7) is 8.25. The summed E-state index contributed by atoms with van der Waals surface area (Å²) in [5.41, 5.74) is 2.91. The van der Waals surface area contributed by atoms with Gasteiger partial charge in [-0.2, -0.15) is 0 Å². The van der Waals surface area contributed by atoms with Gasteiger partial charge in [-0.25, -0.2) is 0 Å². The largest absolute Gasteiger partial charge is 0.507 e. The van der Waals surface area contributed by atoms with Crippen molar-refractivity contribution in [2.24, 2.45) is 0 Å². The number of amides is 1. The minimum absolute atomic E-state index is 0.0214. The van der Waals surface area contributed by atoms with E-state index in [4.69, 9.17) is 16.3 Å². The third kappa shape index (κ3) is 4.42. The molecule has 1 atom stereocenters. The molecule has 0 saturated carbocycles. The van der Waals surface area contributed by atoms with Crippen LogP contribution in [-0.4, -0.2) is 28.4 Å². The van der Waals surface area contributed by atoms with E-state index in [2.05, 4.69) is 4.98 Å². The minimum atomic E-state index is -0.914. The highest BCUT2D eigenvalue weighted by Crippen LogP contribution is 2.43. The second kappa shape index (κ2) is 9.92. The summed E-state index contributed by atoms with van der Waals surface area (Å²) >= 11 is 6.34. The molecule has 35 heavy (non-hydrogen) atoms. The molecule has 1 aliphatic rings. The number of ketones is 1. The van der Waals surface area contributed by atoms with E-state index in [0.717, 1.165) is 11.3 Å². The number of halogens is 1. The fraction of sp³-hybridized carbons (Fsp3) is 0.250. The van der Waals surface area contributed by atoms with Crippen molar-refractivity contribution in [1.82, 2.24) is 4.98 Å². The molecule has 1 amide bonds. The number of Topliss-reactive ketones (excluding diaryl/α,β-unsaturated/α-hetero) is 1. The molecule has 0 spiro atoms. The van der Waals surface area contributed by atoms with Gasteiger partial charge < -0.3 is 9.84 Å². The Balaban J connectivity index is 1.95. The van der Waals surface area contributed by atoms with Crippen LogP contribution in [0.25, 0.3) is 5.76 Å². The Labute approximate surface area is 209 Å². The van der Waals surface area contributed by atoms with E-state index >= 15 is 0 Å². The summed E-state index contributed by atoms with van der Waals surface area (Å²) in [5, 5.41) is 11.9. The van der Waals surface area contributed by atoms with Crippen molar-refractivity contribution in [1.29, 1.82) is 0 Å². The number of ether oxygens (including phenoxy) is 1. The number of rotatable bonds is 6. The molecule has 1 saturated heterocycles. The maximum absolute atomic E-state index is 13.4. The van der Waals surface area contributed by atoms with Gasteiger partial charge >= 0.3 is 0 Å². The van der Waals surface area contributed by atoms with Gasteiger partial charge in [0.25, 0.3) is 11.7 Å². The van der Waals surface area contributed by atoms with Crippen LogP contribution >= 0.6 is 11.6 Å². The molecular formula is C28H27ClN2O4. The van der Waals surface area contributed by atoms with Crippen LogP contribution in [-0.2, 0) is 9.59 Å². The van der Waals surface area contributed by atoms with Crippen LogP contribution in [0.2, 0.25) is 5.02 Å². The van der Waals surface area contributed by atoms with Crippen molar-refractivity contribution in [3.05, 3.63) is 93.8 Å². The van der Waals surface area contributed by atoms with E-state index in [0.29, 0.717) is 34.1 Å². The van der Waals surface area contributed by atoms with Crippen LogP contribution in [0.3, 0.4) is 0 Å². The number of aromatic nitrogens is 1. The quantitative estimate of drug-likeness (QED) is 0.253. The first-order valence-corrected chi connectivity index (χ1v) is 11.9. The topological polar surface area (TPSA) is 79.7 Å². The van der Waals surface area contributed by atoms with Crippen LogP contribution < -0.4 is 9.64 Å². The Morgan fingerprint density at radius 2 is 1.91 bits per heavy atom. The summed E-state index contributed by atoms with van der Waals surface area (Å²) in [6, 6.07) is 14.8. The van der Waals surface area contributed by atoms with Crippen LogP contribution in [0.5, 0.6) is 5.75 Å². The van der Waals surface area contributed by atoms with Crippen LogP contribution in [0.1, 0.15) is 55.1 Å². The smallest absolute Gasteiger partial charge is 0.300 e. The SMILES string of the molecule is CCOc1ccc(/C(O)=C2\C(=O)C(=O)N(c3cccc(Cl)c3C)C2c2ccccn2)cc1C(C)C. The predicted octanol–water partition coefficient (Wildman–Crippen LogP) is 6.19. The third-order valence-corrected chi connectivity index (χ3v) is 6.53. The highest BCUT2D eigenvalue weighted by Gasteiger charge is 2.48. The van der Waals surface area contributed by atoms with E-state index < -0.39 is 17.7 Å². The van der Waals surface area contributed by atoms with Gasteiger partial charge in [-0.3, -0.25) is 19.5 Å². The number of anilines is 1. The molecule has 3 aromatic rings. The highest BCUT2D eigenvalue weighted by molar-refractivity contribution is 6.52. The number of carbonyl (C=O) groups is 2. The van der Waals surface area contributed by atoms with Gasteiger partial charge in [-0.15, -0.1) is 0 Å².